The van der Waals surface area contributed by atoms with Crippen LogP contribution in [0, 0.1) is 0 Å². The third-order valence-electron chi connectivity index (χ3n) is 5.34. The zero-order valence-corrected chi connectivity index (χ0v) is 20.0. The van der Waals surface area contributed by atoms with E-state index in [9.17, 15) is 44.7 Å². The van der Waals surface area contributed by atoms with Crippen LogP contribution in [0.1, 0.15) is 96.8 Å². The summed E-state index contributed by atoms with van der Waals surface area (Å²) in [4.78, 5) is 23.0. The molecule has 0 saturated carbocycles. The van der Waals surface area contributed by atoms with Gasteiger partial charge in [-0.15, -0.1) is 0 Å². The smallest absolute Gasteiger partial charge is 0.381 e. The van der Waals surface area contributed by atoms with Crippen molar-refractivity contribution in [1.29, 1.82) is 0 Å². The third kappa shape index (κ3) is 12.8. The standard InChI is InChI=1S/C23H36F8O4/c1-2-3-4-5-6-7-8-9-10-13-16-34-18(32)14-11-12-15-19(33)35-17-21(26,27)23(30,31)22(28,29)20(24)25/h20H,2-17H2,1H3. The molecule has 4 nitrogen and oxygen atoms in total. The molecule has 0 heterocycles. The minimum absolute atomic E-state index is 0.0403. The lowest BCUT2D eigenvalue weighted by Gasteiger charge is -2.31. The molecule has 0 saturated heterocycles. The van der Waals surface area contributed by atoms with Crippen LogP contribution >= 0.6 is 0 Å². The molecule has 0 aromatic rings. The zero-order chi connectivity index (χ0) is 27.0. The number of hydrogen-bond acceptors (Lipinski definition) is 4. The lowest BCUT2D eigenvalue weighted by Crippen LogP contribution is -2.59. The van der Waals surface area contributed by atoms with Gasteiger partial charge >= 0.3 is 36.1 Å². The van der Waals surface area contributed by atoms with Crippen LogP contribution in [0.15, 0.2) is 0 Å². The van der Waals surface area contributed by atoms with Gasteiger partial charge in [0.05, 0.1) is 6.61 Å². The van der Waals surface area contributed by atoms with Crippen LogP contribution in [0.3, 0.4) is 0 Å². The molecule has 0 aliphatic rings. The molecule has 35 heavy (non-hydrogen) atoms. The normalized spacial score (nSPS) is 12.7. The molecule has 0 fully saturated rings. The van der Waals surface area contributed by atoms with E-state index in [1.165, 1.54) is 38.5 Å². The van der Waals surface area contributed by atoms with E-state index in [1.807, 2.05) is 0 Å². The summed E-state index contributed by atoms with van der Waals surface area (Å²) >= 11 is 0. The molecule has 0 aliphatic carbocycles. The van der Waals surface area contributed by atoms with Crippen LogP contribution in [-0.2, 0) is 19.1 Å². The minimum atomic E-state index is -6.42. The van der Waals surface area contributed by atoms with Gasteiger partial charge in [-0.25, -0.2) is 8.78 Å². The molecule has 0 spiro atoms. The number of rotatable bonds is 21. The van der Waals surface area contributed by atoms with Crippen LogP contribution in [0.2, 0.25) is 0 Å². The maximum Gasteiger partial charge on any atom is 0.381 e. The predicted octanol–water partition coefficient (Wildman–Crippen LogP) is 7.73. The van der Waals surface area contributed by atoms with Gasteiger partial charge in [0.15, 0.2) is 6.61 Å². The topological polar surface area (TPSA) is 52.6 Å². The number of ether oxygens (including phenoxy) is 2. The molecule has 0 unspecified atom stereocenters. The van der Waals surface area contributed by atoms with Crippen molar-refractivity contribution < 1.29 is 54.2 Å². The van der Waals surface area contributed by atoms with Gasteiger partial charge in [0.2, 0.25) is 0 Å². The summed E-state index contributed by atoms with van der Waals surface area (Å²) in [5.74, 6) is -20.4. The fourth-order valence-corrected chi connectivity index (χ4v) is 3.10. The number of hydrogen-bond donors (Lipinski definition) is 0. The van der Waals surface area contributed by atoms with Crippen LogP contribution in [-0.4, -0.2) is 49.3 Å². The average Bonchev–Trinajstić information content (AvgIpc) is 2.78. The van der Waals surface area contributed by atoms with E-state index in [-0.39, 0.29) is 25.9 Å². The Balaban J connectivity index is 3.89. The van der Waals surface area contributed by atoms with Crippen molar-refractivity contribution in [2.45, 2.75) is 121 Å². The van der Waals surface area contributed by atoms with Crippen molar-refractivity contribution >= 4 is 11.9 Å². The first kappa shape index (κ1) is 33.4. The molecule has 0 radical (unpaired) electrons. The number of carbonyl (C=O) groups is 2. The fraction of sp³-hybridized carbons (Fsp3) is 0.913. The molecule has 0 amide bonds. The minimum Gasteiger partial charge on any atom is -0.466 e. The second-order valence-corrected chi connectivity index (χ2v) is 8.47. The second-order valence-electron chi connectivity index (χ2n) is 8.47. The number of esters is 2. The Morgan fingerprint density at radius 1 is 0.657 bits per heavy atom. The summed E-state index contributed by atoms with van der Waals surface area (Å²) in [6.45, 7) is -0.0590. The van der Waals surface area contributed by atoms with Crippen LogP contribution < -0.4 is 0 Å². The Morgan fingerprint density at radius 3 is 1.54 bits per heavy atom. The predicted molar refractivity (Wildman–Crippen MR) is 113 cm³/mol. The highest BCUT2D eigenvalue weighted by Crippen LogP contribution is 2.48. The Bertz CT molecular complexity index is 600. The summed E-state index contributed by atoms with van der Waals surface area (Å²) in [6, 6.07) is 0. The van der Waals surface area contributed by atoms with Crippen LogP contribution in [0.4, 0.5) is 35.1 Å². The highest BCUT2D eigenvalue weighted by Gasteiger charge is 2.75. The molecule has 0 bridgehead atoms. The zero-order valence-electron chi connectivity index (χ0n) is 20.0. The van der Waals surface area contributed by atoms with Gasteiger partial charge in [0, 0.05) is 12.8 Å². The largest absolute Gasteiger partial charge is 0.466 e. The molecule has 208 valence electrons. The summed E-state index contributed by atoms with van der Waals surface area (Å²) < 4.78 is 111. The van der Waals surface area contributed by atoms with Crippen molar-refractivity contribution in [3.8, 4) is 0 Å². The number of carbonyl (C=O) groups excluding carboxylic acids is 2. The highest BCUT2D eigenvalue weighted by molar-refractivity contribution is 5.70. The van der Waals surface area contributed by atoms with E-state index in [0.717, 1.165) is 25.7 Å². The van der Waals surface area contributed by atoms with E-state index < -0.39 is 49.2 Å². The van der Waals surface area contributed by atoms with E-state index in [4.69, 9.17) is 4.74 Å². The van der Waals surface area contributed by atoms with Crippen molar-refractivity contribution in [3.05, 3.63) is 0 Å². The first-order valence-electron chi connectivity index (χ1n) is 12.0. The Hall–Kier alpha value is -1.62. The monoisotopic (exact) mass is 528 g/mol. The lowest BCUT2D eigenvalue weighted by molar-refractivity contribution is -0.344. The van der Waals surface area contributed by atoms with Gasteiger partial charge < -0.3 is 9.47 Å². The van der Waals surface area contributed by atoms with Crippen LogP contribution in [0.5, 0.6) is 0 Å². The average molecular weight is 529 g/mol. The van der Waals surface area contributed by atoms with E-state index in [2.05, 4.69) is 11.7 Å². The molecular formula is C23H36F8O4. The second kappa shape index (κ2) is 16.9. The van der Waals surface area contributed by atoms with Crippen molar-refractivity contribution in [2.24, 2.45) is 0 Å². The Labute approximate surface area is 201 Å². The SMILES string of the molecule is CCCCCCCCCCCCOC(=O)CCCCC(=O)OCC(F)(F)C(F)(F)C(F)(F)C(F)F. The number of unbranched alkanes of at least 4 members (excludes halogenated alkanes) is 10. The highest BCUT2D eigenvalue weighted by atomic mass is 19.4. The van der Waals surface area contributed by atoms with Crippen molar-refractivity contribution in [2.75, 3.05) is 13.2 Å². The summed E-state index contributed by atoms with van der Waals surface area (Å²) in [5, 5.41) is 0. The lowest BCUT2D eigenvalue weighted by atomic mass is 10.1. The Morgan fingerprint density at radius 2 is 1.09 bits per heavy atom. The van der Waals surface area contributed by atoms with Crippen molar-refractivity contribution in [1.82, 2.24) is 0 Å². The van der Waals surface area contributed by atoms with E-state index >= 15 is 0 Å². The molecule has 0 rings (SSSR count). The van der Waals surface area contributed by atoms with Gasteiger partial charge in [-0.2, -0.15) is 26.3 Å². The maximum absolute atomic E-state index is 13.3. The maximum atomic E-state index is 13.3. The quantitative estimate of drug-likeness (QED) is 0.0869. The fourth-order valence-electron chi connectivity index (χ4n) is 3.10. The molecule has 0 N–H and O–H groups in total. The Kier molecular flexibility index (Phi) is 16.2. The molecule has 0 aromatic heterocycles. The molecule has 0 atom stereocenters. The summed E-state index contributed by atoms with van der Waals surface area (Å²) in [6.07, 6.45) is 5.68. The summed E-state index contributed by atoms with van der Waals surface area (Å²) in [5.41, 5.74) is 0. The van der Waals surface area contributed by atoms with Crippen LogP contribution in [0.25, 0.3) is 0 Å². The third-order valence-corrected chi connectivity index (χ3v) is 5.34. The van der Waals surface area contributed by atoms with E-state index in [1.54, 1.807) is 0 Å². The molecular weight excluding hydrogens is 492 g/mol. The molecule has 0 aliphatic heterocycles. The van der Waals surface area contributed by atoms with Gasteiger partial charge in [0.1, 0.15) is 0 Å². The number of alkyl halides is 8. The van der Waals surface area contributed by atoms with Crippen molar-refractivity contribution in [3.63, 3.8) is 0 Å². The summed E-state index contributed by atoms with van der Waals surface area (Å²) in [7, 11) is 0. The number of halogens is 8. The first-order valence-corrected chi connectivity index (χ1v) is 12.0. The van der Waals surface area contributed by atoms with Gasteiger partial charge in [-0.1, -0.05) is 64.7 Å². The van der Waals surface area contributed by atoms with Gasteiger partial charge in [-0.3, -0.25) is 9.59 Å². The molecule has 0 aromatic carbocycles. The van der Waals surface area contributed by atoms with Gasteiger partial charge in [-0.05, 0) is 19.3 Å². The first-order chi connectivity index (χ1) is 16.3. The molecule has 12 heteroatoms. The van der Waals surface area contributed by atoms with E-state index in [0.29, 0.717) is 0 Å². The van der Waals surface area contributed by atoms with Gasteiger partial charge in [0.25, 0.3) is 0 Å².